The summed E-state index contributed by atoms with van der Waals surface area (Å²) in [5.41, 5.74) is 1.78. The first-order valence-corrected chi connectivity index (χ1v) is 7.22. The van der Waals surface area contributed by atoms with Crippen molar-refractivity contribution in [2.45, 2.75) is 13.5 Å². The van der Waals surface area contributed by atoms with Crippen LogP contribution in [0.3, 0.4) is 0 Å². The van der Waals surface area contributed by atoms with Crippen LogP contribution in [-0.2, 0) is 13.7 Å². The average Bonchev–Trinajstić information content (AvgIpc) is 2.54. The summed E-state index contributed by atoms with van der Waals surface area (Å²) in [5.74, 6) is 0.761. The second-order valence-corrected chi connectivity index (χ2v) is 5.88. The predicted molar refractivity (Wildman–Crippen MR) is 79.1 cm³/mol. The van der Waals surface area contributed by atoms with Gasteiger partial charge in [-0.25, -0.2) is 0 Å². The molecule has 2 rings (SSSR count). The molecule has 2 aromatic rings. The van der Waals surface area contributed by atoms with Crippen molar-refractivity contribution in [3.8, 4) is 5.75 Å². The number of aryl methyl sites for hydroxylation is 2. The second-order valence-electron chi connectivity index (χ2n) is 3.82. The van der Waals surface area contributed by atoms with Crippen LogP contribution in [-0.4, -0.2) is 9.78 Å². The van der Waals surface area contributed by atoms with Crippen molar-refractivity contribution in [3.05, 3.63) is 43.6 Å². The number of rotatable bonds is 3. The summed E-state index contributed by atoms with van der Waals surface area (Å²) < 4.78 is 9.24. The average molecular weight is 394 g/mol. The van der Waals surface area contributed by atoms with Gasteiger partial charge in [0.25, 0.3) is 0 Å². The molecule has 3 nitrogen and oxygen atoms in total. The van der Waals surface area contributed by atoms with E-state index in [-0.39, 0.29) is 0 Å². The van der Waals surface area contributed by atoms with Gasteiger partial charge in [0.15, 0.2) is 0 Å². The first-order valence-electron chi connectivity index (χ1n) is 5.25. The first-order chi connectivity index (χ1) is 8.50. The number of hydrogen-bond acceptors (Lipinski definition) is 2. The van der Waals surface area contributed by atoms with Crippen LogP contribution in [0.2, 0.25) is 5.15 Å². The Balaban J connectivity index is 2.22. The summed E-state index contributed by atoms with van der Waals surface area (Å²) in [6, 6.07) is 5.79. The van der Waals surface area contributed by atoms with Gasteiger partial charge >= 0.3 is 0 Å². The SMILES string of the molecule is Cc1nn(C)c(Cl)c1COc1c(Br)cccc1Br. The van der Waals surface area contributed by atoms with Gasteiger partial charge in [-0.05, 0) is 50.9 Å². The van der Waals surface area contributed by atoms with Crippen LogP contribution in [0.4, 0.5) is 0 Å². The van der Waals surface area contributed by atoms with Gasteiger partial charge in [-0.1, -0.05) is 17.7 Å². The molecule has 0 atom stereocenters. The van der Waals surface area contributed by atoms with Gasteiger partial charge in [-0.15, -0.1) is 0 Å². The number of ether oxygens (including phenoxy) is 1. The van der Waals surface area contributed by atoms with Crippen molar-refractivity contribution in [1.29, 1.82) is 0 Å². The van der Waals surface area contributed by atoms with E-state index >= 15 is 0 Å². The van der Waals surface area contributed by atoms with Gasteiger partial charge in [-0.3, -0.25) is 4.68 Å². The summed E-state index contributed by atoms with van der Waals surface area (Å²) >= 11 is 13.1. The Morgan fingerprint density at radius 2 is 1.94 bits per heavy atom. The largest absolute Gasteiger partial charge is 0.486 e. The van der Waals surface area contributed by atoms with Crippen LogP contribution in [0, 0.1) is 6.92 Å². The van der Waals surface area contributed by atoms with Crippen molar-refractivity contribution in [3.63, 3.8) is 0 Å². The van der Waals surface area contributed by atoms with E-state index < -0.39 is 0 Å². The Morgan fingerprint density at radius 1 is 1.33 bits per heavy atom. The lowest BCUT2D eigenvalue weighted by Crippen LogP contribution is -1.98. The van der Waals surface area contributed by atoms with E-state index in [9.17, 15) is 0 Å². The van der Waals surface area contributed by atoms with E-state index in [0.29, 0.717) is 11.8 Å². The van der Waals surface area contributed by atoms with Gasteiger partial charge < -0.3 is 4.74 Å². The number of nitrogens with zero attached hydrogens (tertiary/aromatic N) is 2. The molecule has 0 N–H and O–H groups in total. The number of aromatic nitrogens is 2. The molecule has 0 aliphatic carbocycles. The molecule has 0 aliphatic heterocycles. The summed E-state index contributed by atoms with van der Waals surface area (Å²) in [6.45, 7) is 2.30. The highest BCUT2D eigenvalue weighted by molar-refractivity contribution is 9.11. The van der Waals surface area contributed by atoms with Crippen molar-refractivity contribution < 1.29 is 4.74 Å². The molecule has 1 heterocycles. The standard InChI is InChI=1S/C12H11Br2ClN2O/c1-7-8(12(15)17(2)16-7)6-18-11-9(13)4-3-5-10(11)14/h3-5H,6H2,1-2H3. The molecule has 0 bridgehead atoms. The van der Waals surface area contributed by atoms with E-state index in [1.54, 1.807) is 4.68 Å². The van der Waals surface area contributed by atoms with Crippen molar-refractivity contribution in [1.82, 2.24) is 9.78 Å². The van der Waals surface area contributed by atoms with Crippen LogP contribution >= 0.6 is 43.5 Å². The molecule has 0 saturated heterocycles. The van der Waals surface area contributed by atoms with Crippen molar-refractivity contribution in [2.24, 2.45) is 7.05 Å². The van der Waals surface area contributed by atoms with E-state index in [1.165, 1.54) is 0 Å². The Kier molecular flexibility index (Phi) is 4.35. The Labute approximate surface area is 127 Å². The predicted octanol–water partition coefficient (Wildman–Crippen LogP) is 4.49. The van der Waals surface area contributed by atoms with Gasteiger partial charge in [0.1, 0.15) is 17.5 Å². The zero-order valence-electron chi connectivity index (χ0n) is 9.88. The van der Waals surface area contributed by atoms with E-state index in [1.807, 2.05) is 32.2 Å². The van der Waals surface area contributed by atoms with E-state index in [2.05, 4.69) is 37.0 Å². The third kappa shape index (κ3) is 2.73. The molecule has 0 unspecified atom stereocenters. The molecule has 0 aliphatic rings. The Hall–Kier alpha value is -0.520. The molecular weight excluding hydrogens is 383 g/mol. The topological polar surface area (TPSA) is 27.1 Å². The maximum absolute atomic E-state index is 6.16. The second kappa shape index (κ2) is 5.63. The number of hydrogen-bond donors (Lipinski definition) is 0. The lowest BCUT2D eigenvalue weighted by molar-refractivity contribution is 0.301. The molecule has 0 spiro atoms. The quantitative estimate of drug-likeness (QED) is 0.767. The Morgan fingerprint density at radius 3 is 2.44 bits per heavy atom. The number of para-hydroxylation sites is 1. The lowest BCUT2D eigenvalue weighted by Gasteiger charge is -2.09. The maximum atomic E-state index is 6.16. The maximum Gasteiger partial charge on any atom is 0.148 e. The molecule has 0 fully saturated rings. The zero-order chi connectivity index (χ0) is 13.3. The minimum atomic E-state index is 0.389. The van der Waals surface area contributed by atoms with Gasteiger partial charge in [0, 0.05) is 12.6 Å². The summed E-state index contributed by atoms with van der Waals surface area (Å²) in [5, 5.41) is 4.86. The minimum Gasteiger partial charge on any atom is -0.486 e. The monoisotopic (exact) mass is 392 g/mol. The van der Waals surface area contributed by atoms with Gasteiger partial charge in [-0.2, -0.15) is 5.10 Å². The third-order valence-corrected chi connectivity index (χ3v) is 4.27. The van der Waals surface area contributed by atoms with Gasteiger partial charge in [0.05, 0.1) is 14.6 Å². The molecule has 0 radical (unpaired) electrons. The van der Waals surface area contributed by atoms with Gasteiger partial charge in [0.2, 0.25) is 0 Å². The molecule has 18 heavy (non-hydrogen) atoms. The number of benzene rings is 1. The molecule has 1 aromatic heterocycles. The fourth-order valence-electron chi connectivity index (χ4n) is 1.60. The fraction of sp³-hybridized carbons (Fsp3) is 0.250. The third-order valence-electron chi connectivity index (χ3n) is 2.55. The van der Waals surface area contributed by atoms with Crippen molar-refractivity contribution >= 4 is 43.5 Å². The highest BCUT2D eigenvalue weighted by atomic mass is 79.9. The minimum absolute atomic E-state index is 0.389. The number of halogens is 3. The van der Waals surface area contributed by atoms with Crippen LogP contribution < -0.4 is 4.74 Å². The molecule has 6 heteroatoms. The highest BCUT2D eigenvalue weighted by Gasteiger charge is 2.13. The normalized spacial score (nSPS) is 10.7. The van der Waals surface area contributed by atoms with Crippen LogP contribution in [0.5, 0.6) is 5.75 Å². The summed E-state index contributed by atoms with van der Waals surface area (Å²) in [7, 11) is 1.81. The van der Waals surface area contributed by atoms with Crippen LogP contribution in [0.1, 0.15) is 11.3 Å². The fourth-order valence-corrected chi connectivity index (χ4v) is 3.06. The van der Waals surface area contributed by atoms with Crippen LogP contribution in [0.15, 0.2) is 27.1 Å². The van der Waals surface area contributed by atoms with E-state index in [4.69, 9.17) is 16.3 Å². The van der Waals surface area contributed by atoms with Crippen molar-refractivity contribution in [2.75, 3.05) is 0 Å². The first kappa shape index (κ1) is 13.9. The lowest BCUT2D eigenvalue weighted by atomic mass is 10.3. The zero-order valence-corrected chi connectivity index (χ0v) is 13.8. The van der Waals surface area contributed by atoms with Crippen LogP contribution in [0.25, 0.3) is 0 Å². The Bertz CT molecular complexity index is 563. The molecule has 0 saturated carbocycles. The molecule has 0 amide bonds. The molecule has 1 aromatic carbocycles. The molecule has 96 valence electrons. The summed E-state index contributed by atoms with van der Waals surface area (Å²) in [6.07, 6.45) is 0. The highest BCUT2D eigenvalue weighted by Crippen LogP contribution is 2.34. The molecular formula is C12H11Br2ClN2O. The summed E-state index contributed by atoms with van der Waals surface area (Å²) in [4.78, 5) is 0. The smallest absolute Gasteiger partial charge is 0.148 e. The van der Waals surface area contributed by atoms with E-state index in [0.717, 1.165) is 26.0 Å².